The molecule has 0 spiro atoms. The van der Waals surface area contributed by atoms with Crippen molar-refractivity contribution in [3.05, 3.63) is 27.0 Å². The molecule has 1 aromatic carbocycles. The lowest BCUT2D eigenvalue weighted by atomic mass is 10.1. The van der Waals surface area contributed by atoms with Crippen molar-refractivity contribution in [3.63, 3.8) is 0 Å². The van der Waals surface area contributed by atoms with Gasteiger partial charge in [-0.3, -0.25) is 0 Å². The number of benzene rings is 1. The third-order valence-electron chi connectivity index (χ3n) is 4.80. The third-order valence-corrected chi connectivity index (χ3v) is 7.00. The van der Waals surface area contributed by atoms with Gasteiger partial charge in [-0.1, -0.05) is 69.9 Å². The molecule has 4 nitrogen and oxygen atoms in total. The van der Waals surface area contributed by atoms with Gasteiger partial charge in [0.2, 0.25) is 11.7 Å². The van der Waals surface area contributed by atoms with E-state index in [1.807, 2.05) is 23.9 Å². The maximum atomic E-state index is 5.41. The molecule has 0 saturated heterocycles. The molecule has 29 heavy (non-hydrogen) atoms. The summed E-state index contributed by atoms with van der Waals surface area (Å²) in [7, 11) is 1.64. The summed E-state index contributed by atoms with van der Waals surface area (Å²) in [6.45, 7) is 2.27. The van der Waals surface area contributed by atoms with E-state index in [0.29, 0.717) is 11.7 Å². The number of hydrogen-bond donors (Lipinski definition) is 0. The van der Waals surface area contributed by atoms with Crippen LogP contribution >= 0.6 is 43.6 Å². The highest BCUT2D eigenvalue weighted by atomic mass is 79.9. The van der Waals surface area contributed by atoms with Crippen molar-refractivity contribution in [2.45, 2.75) is 76.9 Å². The SMILES string of the molecule is CCCCCCCCCCCCSCc1nc(-c2cc(Br)c(OC)c(Br)c2)no1. The first kappa shape index (κ1) is 24.7. The summed E-state index contributed by atoms with van der Waals surface area (Å²) in [5.41, 5.74) is 0.888. The molecule has 0 fully saturated rings. The molecule has 0 aliphatic rings. The average molecular weight is 548 g/mol. The fourth-order valence-corrected chi connectivity index (χ4v) is 5.52. The monoisotopic (exact) mass is 546 g/mol. The standard InChI is InChI=1S/C22H32Br2N2O2S/c1-3-4-5-6-7-8-9-10-11-12-13-29-16-20-25-22(26-28-20)17-14-18(23)21(27-2)19(24)15-17/h14-15H,3-13,16H2,1-2H3. The van der Waals surface area contributed by atoms with Crippen molar-refractivity contribution in [2.75, 3.05) is 12.9 Å². The number of methoxy groups -OCH3 is 1. The zero-order valence-electron chi connectivity index (χ0n) is 17.5. The number of unbranched alkanes of at least 4 members (excludes halogenated alkanes) is 9. The second-order valence-corrected chi connectivity index (χ2v) is 10.0. The molecule has 0 aliphatic heterocycles. The normalized spacial score (nSPS) is 11.2. The molecule has 0 bridgehead atoms. The molecule has 162 valence electrons. The Kier molecular flexibility index (Phi) is 12.3. The fourth-order valence-electron chi connectivity index (χ4n) is 3.17. The molecule has 0 unspecified atom stereocenters. The Morgan fingerprint density at radius 1 is 0.931 bits per heavy atom. The summed E-state index contributed by atoms with van der Waals surface area (Å²) in [4.78, 5) is 4.53. The second-order valence-electron chi connectivity index (χ2n) is 7.22. The average Bonchev–Trinajstić information content (AvgIpc) is 3.17. The van der Waals surface area contributed by atoms with Gasteiger partial charge >= 0.3 is 0 Å². The number of ether oxygens (including phenoxy) is 1. The maximum absolute atomic E-state index is 5.41. The van der Waals surface area contributed by atoms with Gasteiger partial charge < -0.3 is 9.26 Å². The second kappa shape index (κ2) is 14.5. The summed E-state index contributed by atoms with van der Waals surface area (Å²) >= 11 is 8.89. The van der Waals surface area contributed by atoms with E-state index in [1.54, 1.807) is 7.11 Å². The maximum Gasteiger partial charge on any atom is 0.236 e. The first-order valence-electron chi connectivity index (χ1n) is 10.6. The molecule has 1 heterocycles. The fraction of sp³-hybridized carbons (Fsp3) is 0.636. The highest BCUT2D eigenvalue weighted by molar-refractivity contribution is 9.11. The number of thioether (sulfide) groups is 1. The molecule has 1 aromatic heterocycles. The van der Waals surface area contributed by atoms with Crippen molar-refractivity contribution in [1.82, 2.24) is 10.1 Å². The lowest BCUT2D eigenvalue weighted by Crippen LogP contribution is -1.89. The van der Waals surface area contributed by atoms with Crippen LogP contribution in [0, 0.1) is 0 Å². The quantitative estimate of drug-likeness (QED) is 0.209. The molecule has 0 radical (unpaired) electrons. The summed E-state index contributed by atoms with van der Waals surface area (Å²) in [5, 5.41) is 4.12. The number of hydrogen-bond acceptors (Lipinski definition) is 5. The van der Waals surface area contributed by atoms with E-state index < -0.39 is 0 Å². The van der Waals surface area contributed by atoms with Crippen molar-refractivity contribution >= 4 is 43.6 Å². The summed E-state index contributed by atoms with van der Waals surface area (Å²) < 4.78 is 12.5. The van der Waals surface area contributed by atoms with Crippen LogP contribution in [0.25, 0.3) is 11.4 Å². The number of nitrogens with zero attached hydrogens (tertiary/aromatic N) is 2. The third kappa shape index (κ3) is 9.01. The van der Waals surface area contributed by atoms with Crippen LogP contribution in [-0.2, 0) is 5.75 Å². The van der Waals surface area contributed by atoms with Crippen LogP contribution in [-0.4, -0.2) is 23.0 Å². The lowest BCUT2D eigenvalue weighted by molar-refractivity contribution is 0.391. The number of halogens is 2. The summed E-state index contributed by atoms with van der Waals surface area (Å²) in [6, 6.07) is 3.88. The van der Waals surface area contributed by atoms with Gasteiger partial charge in [-0.25, -0.2) is 0 Å². The summed E-state index contributed by atoms with van der Waals surface area (Å²) in [6.07, 6.45) is 13.7. The number of aromatic nitrogens is 2. The molecule has 2 rings (SSSR count). The predicted octanol–water partition coefficient (Wildman–Crippen LogP) is 8.42. The molecule has 0 atom stereocenters. The minimum absolute atomic E-state index is 0.601. The Hall–Kier alpha value is -0.530. The van der Waals surface area contributed by atoms with Gasteiger partial charge in [-0.05, 0) is 56.2 Å². The van der Waals surface area contributed by atoms with E-state index in [0.717, 1.165) is 31.8 Å². The van der Waals surface area contributed by atoms with E-state index in [-0.39, 0.29) is 0 Å². The largest absolute Gasteiger partial charge is 0.494 e. The van der Waals surface area contributed by atoms with E-state index in [4.69, 9.17) is 9.26 Å². The van der Waals surface area contributed by atoms with E-state index in [1.165, 1.54) is 64.2 Å². The van der Waals surface area contributed by atoms with Crippen molar-refractivity contribution in [2.24, 2.45) is 0 Å². The molecular weight excluding hydrogens is 516 g/mol. The van der Waals surface area contributed by atoms with Crippen LogP contribution in [0.2, 0.25) is 0 Å². The molecule has 7 heteroatoms. The molecule has 0 aliphatic carbocycles. The molecular formula is C22H32Br2N2O2S. The first-order valence-corrected chi connectivity index (χ1v) is 13.3. The highest BCUT2D eigenvalue weighted by Gasteiger charge is 2.13. The minimum Gasteiger partial charge on any atom is -0.494 e. The lowest BCUT2D eigenvalue weighted by Gasteiger charge is -2.07. The van der Waals surface area contributed by atoms with Crippen LogP contribution in [0.5, 0.6) is 5.75 Å². The van der Waals surface area contributed by atoms with Gasteiger partial charge in [-0.2, -0.15) is 16.7 Å². The van der Waals surface area contributed by atoms with Crippen molar-refractivity contribution in [3.8, 4) is 17.1 Å². The van der Waals surface area contributed by atoms with E-state index in [9.17, 15) is 0 Å². The molecule has 0 amide bonds. The van der Waals surface area contributed by atoms with Crippen LogP contribution in [0.15, 0.2) is 25.6 Å². The van der Waals surface area contributed by atoms with Gasteiger partial charge in [0.1, 0.15) is 5.75 Å². The molecule has 0 saturated carbocycles. The van der Waals surface area contributed by atoms with E-state index in [2.05, 4.69) is 48.9 Å². The zero-order valence-corrected chi connectivity index (χ0v) is 21.5. The highest BCUT2D eigenvalue weighted by Crippen LogP contribution is 2.37. The Labute approximate surface area is 196 Å². The first-order chi connectivity index (χ1) is 14.2. The van der Waals surface area contributed by atoms with Crippen LogP contribution in [0.1, 0.15) is 77.0 Å². The van der Waals surface area contributed by atoms with Crippen LogP contribution in [0.3, 0.4) is 0 Å². The van der Waals surface area contributed by atoms with Crippen molar-refractivity contribution in [1.29, 1.82) is 0 Å². The van der Waals surface area contributed by atoms with Crippen LogP contribution in [0.4, 0.5) is 0 Å². The summed E-state index contributed by atoms with van der Waals surface area (Å²) in [5.74, 6) is 3.95. The van der Waals surface area contributed by atoms with Gasteiger partial charge in [0.15, 0.2) is 0 Å². The van der Waals surface area contributed by atoms with Gasteiger partial charge in [0.25, 0.3) is 0 Å². The van der Waals surface area contributed by atoms with Gasteiger partial charge in [0.05, 0.1) is 21.8 Å². The Morgan fingerprint density at radius 2 is 1.52 bits per heavy atom. The predicted molar refractivity (Wildman–Crippen MR) is 130 cm³/mol. The number of rotatable bonds is 15. The Balaban J connectivity index is 1.60. The topological polar surface area (TPSA) is 48.2 Å². The zero-order chi connectivity index (χ0) is 20.9. The van der Waals surface area contributed by atoms with Crippen LogP contribution < -0.4 is 4.74 Å². The van der Waals surface area contributed by atoms with Gasteiger partial charge in [0, 0.05) is 5.56 Å². The molecule has 0 N–H and O–H groups in total. The van der Waals surface area contributed by atoms with Crippen molar-refractivity contribution < 1.29 is 9.26 Å². The van der Waals surface area contributed by atoms with E-state index >= 15 is 0 Å². The Bertz CT molecular complexity index is 702. The molecule has 2 aromatic rings. The van der Waals surface area contributed by atoms with Gasteiger partial charge in [-0.15, -0.1) is 0 Å². The smallest absolute Gasteiger partial charge is 0.236 e. The minimum atomic E-state index is 0.601. The Morgan fingerprint density at radius 3 is 2.10 bits per heavy atom.